The van der Waals surface area contributed by atoms with Gasteiger partial charge in [0.2, 0.25) is 0 Å². The predicted octanol–water partition coefficient (Wildman–Crippen LogP) is 3.30. The van der Waals surface area contributed by atoms with E-state index < -0.39 is 17.8 Å². The van der Waals surface area contributed by atoms with Crippen molar-refractivity contribution in [2.75, 3.05) is 0 Å². The second-order valence-corrected chi connectivity index (χ2v) is 5.10. The standard InChI is InChI=1S/C13H15BrO3/c1-7-6-10(4-5-11(7)14)12(15)8(2)9(3)13(16)17/h4-6,8-9H,1-3H3,(H,16,17). The monoisotopic (exact) mass is 298 g/mol. The molecule has 17 heavy (non-hydrogen) atoms. The van der Waals surface area contributed by atoms with Crippen LogP contribution in [0.15, 0.2) is 22.7 Å². The van der Waals surface area contributed by atoms with Gasteiger partial charge in [-0.1, -0.05) is 35.8 Å². The highest BCUT2D eigenvalue weighted by molar-refractivity contribution is 9.10. The van der Waals surface area contributed by atoms with Crippen LogP contribution in [0.3, 0.4) is 0 Å². The van der Waals surface area contributed by atoms with E-state index in [1.165, 1.54) is 0 Å². The summed E-state index contributed by atoms with van der Waals surface area (Å²) >= 11 is 3.36. The second kappa shape index (κ2) is 5.45. The van der Waals surface area contributed by atoms with Crippen molar-refractivity contribution in [2.24, 2.45) is 11.8 Å². The van der Waals surface area contributed by atoms with E-state index in [1.54, 1.807) is 32.0 Å². The number of hydrogen-bond acceptors (Lipinski definition) is 2. The number of carboxylic acid groups (broad SMARTS) is 1. The van der Waals surface area contributed by atoms with Gasteiger partial charge >= 0.3 is 5.97 Å². The number of hydrogen-bond donors (Lipinski definition) is 1. The van der Waals surface area contributed by atoms with Crippen molar-refractivity contribution in [1.29, 1.82) is 0 Å². The van der Waals surface area contributed by atoms with Crippen molar-refractivity contribution in [3.05, 3.63) is 33.8 Å². The molecule has 4 heteroatoms. The van der Waals surface area contributed by atoms with E-state index in [-0.39, 0.29) is 5.78 Å². The molecule has 1 aromatic rings. The Balaban J connectivity index is 2.96. The zero-order valence-corrected chi connectivity index (χ0v) is 11.6. The Morgan fingerprint density at radius 2 is 1.82 bits per heavy atom. The molecule has 3 nitrogen and oxygen atoms in total. The molecule has 1 N–H and O–H groups in total. The lowest BCUT2D eigenvalue weighted by Crippen LogP contribution is -2.25. The Morgan fingerprint density at radius 3 is 2.29 bits per heavy atom. The fourth-order valence-corrected chi connectivity index (χ4v) is 1.75. The van der Waals surface area contributed by atoms with E-state index in [9.17, 15) is 9.59 Å². The third-order valence-corrected chi connectivity index (χ3v) is 3.89. The molecule has 1 rings (SSSR count). The van der Waals surface area contributed by atoms with Gasteiger partial charge in [-0.3, -0.25) is 9.59 Å². The van der Waals surface area contributed by atoms with Crippen molar-refractivity contribution in [3.8, 4) is 0 Å². The Kier molecular flexibility index (Phi) is 4.46. The molecule has 0 saturated carbocycles. The lowest BCUT2D eigenvalue weighted by Gasteiger charge is -2.15. The van der Waals surface area contributed by atoms with Gasteiger partial charge in [0.15, 0.2) is 5.78 Å². The van der Waals surface area contributed by atoms with Crippen LogP contribution in [-0.4, -0.2) is 16.9 Å². The summed E-state index contributed by atoms with van der Waals surface area (Å²) in [7, 11) is 0. The SMILES string of the molecule is Cc1cc(C(=O)C(C)C(C)C(=O)O)ccc1Br. The third-order valence-electron chi connectivity index (χ3n) is 3.00. The van der Waals surface area contributed by atoms with Crippen LogP contribution in [-0.2, 0) is 4.79 Å². The highest BCUT2D eigenvalue weighted by Gasteiger charge is 2.26. The Labute approximate surface area is 109 Å². The van der Waals surface area contributed by atoms with Crippen LogP contribution in [0.4, 0.5) is 0 Å². The maximum atomic E-state index is 12.1. The zero-order chi connectivity index (χ0) is 13.2. The molecule has 2 unspecified atom stereocenters. The number of halogens is 1. The van der Waals surface area contributed by atoms with E-state index in [0.717, 1.165) is 10.0 Å². The van der Waals surface area contributed by atoms with Crippen molar-refractivity contribution in [1.82, 2.24) is 0 Å². The van der Waals surface area contributed by atoms with Gasteiger partial charge in [0, 0.05) is 16.0 Å². The van der Waals surface area contributed by atoms with Gasteiger partial charge in [0.1, 0.15) is 0 Å². The highest BCUT2D eigenvalue weighted by Crippen LogP contribution is 2.22. The summed E-state index contributed by atoms with van der Waals surface area (Å²) in [5, 5.41) is 8.89. The Morgan fingerprint density at radius 1 is 1.24 bits per heavy atom. The van der Waals surface area contributed by atoms with Crippen LogP contribution in [0.5, 0.6) is 0 Å². The van der Waals surface area contributed by atoms with Crippen LogP contribution in [0.25, 0.3) is 0 Å². The topological polar surface area (TPSA) is 54.4 Å². The molecular formula is C13H15BrO3. The number of carboxylic acids is 1. The van der Waals surface area contributed by atoms with E-state index in [4.69, 9.17) is 5.11 Å². The van der Waals surface area contributed by atoms with Crippen LogP contribution in [0.2, 0.25) is 0 Å². The molecule has 92 valence electrons. The molecule has 0 bridgehead atoms. The number of carbonyl (C=O) groups excluding carboxylic acids is 1. The summed E-state index contributed by atoms with van der Waals surface area (Å²) < 4.78 is 0.938. The number of Topliss-reactive ketones (excluding diaryl/α,β-unsaturated/α-hetero) is 1. The van der Waals surface area contributed by atoms with E-state index in [0.29, 0.717) is 5.56 Å². The van der Waals surface area contributed by atoms with Gasteiger partial charge in [-0.2, -0.15) is 0 Å². The van der Waals surface area contributed by atoms with Crippen molar-refractivity contribution >= 4 is 27.7 Å². The van der Waals surface area contributed by atoms with Gasteiger partial charge < -0.3 is 5.11 Å². The van der Waals surface area contributed by atoms with E-state index >= 15 is 0 Å². The second-order valence-electron chi connectivity index (χ2n) is 4.24. The van der Waals surface area contributed by atoms with Gasteiger partial charge in [-0.05, 0) is 24.6 Å². The molecule has 0 saturated heterocycles. The first-order chi connectivity index (χ1) is 7.84. The fraction of sp³-hybridized carbons (Fsp3) is 0.385. The molecule has 0 fully saturated rings. The van der Waals surface area contributed by atoms with Crippen molar-refractivity contribution in [2.45, 2.75) is 20.8 Å². The van der Waals surface area contributed by atoms with Gasteiger partial charge in [-0.15, -0.1) is 0 Å². The minimum Gasteiger partial charge on any atom is -0.481 e. The molecule has 0 aromatic heterocycles. The molecule has 0 heterocycles. The lowest BCUT2D eigenvalue weighted by atomic mass is 9.88. The first-order valence-corrected chi connectivity index (χ1v) is 6.17. The number of rotatable bonds is 4. The quantitative estimate of drug-likeness (QED) is 0.868. The molecule has 2 atom stereocenters. The van der Waals surface area contributed by atoms with Crippen LogP contribution in [0, 0.1) is 18.8 Å². The molecular weight excluding hydrogens is 284 g/mol. The summed E-state index contributed by atoms with van der Waals surface area (Å²) in [5.41, 5.74) is 1.53. The largest absolute Gasteiger partial charge is 0.481 e. The third kappa shape index (κ3) is 3.16. The highest BCUT2D eigenvalue weighted by atomic mass is 79.9. The lowest BCUT2D eigenvalue weighted by molar-refractivity contribution is -0.142. The minimum atomic E-state index is -0.945. The smallest absolute Gasteiger partial charge is 0.306 e. The zero-order valence-electron chi connectivity index (χ0n) is 10.0. The molecule has 0 aliphatic heterocycles. The number of aliphatic carboxylic acids is 1. The summed E-state index contributed by atoms with van der Waals surface area (Å²) in [6.07, 6.45) is 0. The van der Waals surface area contributed by atoms with Crippen LogP contribution >= 0.6 is 15.9 Å². The molecule has 0 amide bonds. The summed E-state index contributed by atoms with van der Waals surface area (Å²) in [5.74, 6) is -2.27. The average molecular weight is 299 g/mol. The van der Waals surface area contributed by atoms with Crippen molar-refractivity contribution < 1.29 is 14.7 Å². The minimum absolute atomic E-state index is 0.129. The van der Waals surface area contributed by atoms with Crippen molar-refractivity contribution in [3.63, 3.8) is 0 Å². The molecule has 0 spiro atoms. The molecule has 0 aliphatic rings. The summed E-state index contributed by atoms with van der Waals surface area (Å²) in [4.78, 5) is 22.9. The predicted molar refractivity (Wildman–Crippen MR) is 69.2 cm³/mol. The summed E-state index contributed by atoms with van der Waals surface area (Å²) in [6.45, 7) is 5.10. The molecule has 0 aliphatic carbocycles. The normalized spacial score (nSPS) is 14.1. The fourth-order valence-electron chi connectivity index (χ4n) is 1.50. The first kappa shape index (κ1) is 13.9. The number of carbonyl (C=O) groups is 2. The van der Waals surface area contributed by atoms with Crippen LogP contribution in [0.1, 0.15) is 29.8 Å². The Hall–Kier alpha value is -1.16. The molecule has 0 radical (unpaired) electrons. The molecule has 1 aromatic carbocycles. The number of benzene rings is 1. The maximum absolute atomic E-state index is 12.1. The van der Waals surface area contributed by atoms with E-state index in [1.807, 2.05) is 6.92 Å². The van der Waals surface area contributed by atoms with Gasteiger partial charge in [0.05, 0.1) is 5.92 Å². The average Bonchev–Trinajstić information content (AvgIpc) is 2.29. The first-order valence-electron chi connectivity index (χ1n) is 5.37. The number of aryl methyl sites for hydroxylation is 1. The summed E-state index contributed by atoms with van der Waals surface area (Å²) in [6, 6.07) is 5.29. The Bertz CT molecular complexity index is 454. The van der Waals surface area contributed by atoms with E-state index in [2.05, 4.69) is 15.9 Å². The van der Waals surface area contributed by atoms with Gasteiger partial charge in [-0.25, -0.2) is 0 Å². The van der Waals surface area contributed by atoms with Crippen LogP contribution < -0.4 is 0 Å². The maximum Gasteiger partial charge on any atom is 0.306 e. The van der Waals surface area contributed by atoms with Gasteiger partial charge in [0.25, 0.3) is 0 Å². The number of ketones is 1.